The van der Waals surface area contributed by atoms with Crippen LogP contribution in [0.15, 0.2) is 18.2 Å². The predicted molar refractivity (Wildman–Crippen MR) is 68.2 cm³/mol. The van der Waals surface area contributed by atoms with E-state index in [1.54, 1.807) is 0 Å². The minimum atomic E-state index is -1.52. The van der Waals surface area contributed by atoms with E-state index in [-0.39, 0.29) is 27.6 Å². The molecule has 1 aliphatic carbocycles. The van der Waals surface area contributed by atoms with E-state index in [0.29, 0.717) is 0 Å². The topological polar surface area (TPSA) is 115 Å². The zero-order chi connectivity index (χ0) is 14.6. The van der Waals surface area contributed by atoms with Crippen LogP contribution in [0, 0.1) is 0 Å². The summed E-state index contributed by atoms with van der Waals surface area (Å²) >= 11 is 0. The molecule has 0 saturated carbocycles. The number of carbonyl (C=O) groups excluding carboxylic acids is 2. The zero-order valence-corrected chi connectivity index (χ0v) is 10.1. The summed E-state index contributed by atoms with van der Waals surface area (Å²) in [6.45, 7) is 0. The Kier molecular flexibility index (Phi) is 2.45. The van der Waals surface area contributed by atoms with Crippen molar-refractivity contribution in [2.24, 2.45) is 0 Å². The molecule has 0 saturated heterocycles. The maximum absolute atomic E-state index is 11.9. The van der Waals surface area contributed by atoms with Crippen molar-refractivity contribution in [3.05, 3.63) is 29.3 Å². The molecule has 0 heterocycles. The van der Waals surface area contributed by atoms with E-state index in [9.17, 15) is 30.0 Å². The van der Waals surface area contributed by atoms with Crippen molar-refractivity contribution in [1.29, 1.82) is 0 Å². The van der Waals surface area contributed by atoms with E-state index in [2.05, 4.69) is 0 Å². The van der Waals surface area contributed by atoms with Crippen molar-refractivity contribution in [2.75, 3.05) is 0 Å². The lowest BCUT2D eigenvalue weighted by atomic mass is 9.84. The van der Waals surface area contributed by atoms with Gasteiger partial charge < -0.3 is 20.4 Å². The molecule has 0 amide bonds. The van der Waals surface area contributed by atoms with Crippen molar-refractivity contribution in [2.45, 2.75) is 12.5 Å². The first-order valence-corrected chi connectivity index (χ1v) is 5.88. The van der Waals surface area contributed by atoms with Crippen LogP contribution in [0.2, 0.25) is 0 Å². The number of benzene rings is 2. The molecule has 2 aromatic carbocycles. The van der Waals surface area contributed by atoms with Crippen molar-refractivity contribution in [1.82, 2.24) is 0 Å². The Labute approximate surface area is 112 Å². The number of aliphatic hydroxyl groups is 1. The Morgan fingerprint density at radius 1 is 0.950 bits per heavy atom. The van der Waals surface area contributed by atoms with Gasteiger partial charge in [-0.1, -0.05) is 0 Å². The number of phenolic OH excluding ortho intramolecular Hbond substituents is 3. The van der Waals surface area contributed by atoms with Crippen LogP contribution in [0.4, 0.5) is 0 Å². The van der Waals surface area contributed by atoms with E-state index >= 15 is 0 Å². The Morgan fingerprint density at radius 3 is 2.30 bits per heavy atom. The van der Waals surface area contributed by atoms with Crippen molar-refractivity contribution in [3.8, 4) is 17.2 Å². The highest BCUT2D eigenvalue weighted by Gasteiger charge is 2.37. The number of aromatic hydroxyl groups is 3. The molecule has 6 nitrogen and oxygen atoms in total. The average molecular weight is 274 g/mol. The van der Waals surface area contributed by atoms with E-state index < -0.39 is 35.6 Å². The Morgan fingerprint density at radius 2 is 1.60 bits per heavy atom. The number of hydrogen-bond donors (Lipinski definition) is 4. The number of hydrogen-bond acceptors (Lipinski definition) is 6. The molecule has 0 radical (unpaired) electrons. The first kappa shape index (κ1) is 12.4. The molecule has 6 heteroatoms. The van der Waals surface area contributed by atoms with Gasteiger partial charge in [0.2, 0.25) is 0 Å². The summed E-state index contributed by atoms with van der Waals surface area (Å²) in [5.74, 6) is -2.55. The largest absolute Gasteiger partial charge is 0.508 e. The molecule has 0 spiro atoms. The molecule has 0 fully saturated rings. The summed E-state index contributed by atoms with van der Waals surface area (Å²) in [7, 11) is 0. The summed E-state index contributed by atoms with van der Waals surface area (Å²) < 4.78 is 0. The summed E-state index contributed by atoms with van der Waals surface area (Å²) in [5, 5.41) is 39.4. The fourth-order valence-electron chi connectivity index (χ4n) is 2.49. The molecular weight excluding hydrogens is 264 g/mol. The summed E-state index contributed by atoms with van der Waals surface area (Å²) in [4.78, 5) is 23.8. The number of rotatable bonds is 0. The standard InChI is InChI=1S/C14H10O6/c15-5-1-2-6-7(3-5)13(19)10-8(16)4-9(17)14(20)11(10)12(6)18/h1-3,9,15,17-19H,4H2. The van der Waals surface area contributed by atoms with Gasteiger partial charge in [-0.2, -0.15) is 0 Å². The molecule has 1 aliphatic rings. The molecule has 0 bridgehead atoms. The quantitative estimate of drug-likeness (QED) is 0.534. The number of carbonyl (C=O) groups is 2. The van der Waals surface area contributed by atoms with E-state index in [4.69, 9.17) is 0 Å². The summed E-state index contributed by atoms with van der Waals surface area (Å²) in [6.07, 6.45) is -1.96. The third-order valence-corrected chi connectivity index (χ3v) is 3.44. The molecule has 0 aliphatic heterocycles. The number of aliphatic hydroxyl groups excluding tert-OH is 1. The number of phenols is 3. The number of fused-ring (bicyclic) bond motifs is 2. The first-order chi connectivity index (χ1) is 9.41. The lowest BCUT2D eigenvalue weighted by Crippen LogP contribution is -2.31. The maximum atomic E-state index is 11.9. The second kappa shape index (κ2) is 3.94. The van der Waals surface area contributed by atoms with Gasteiger partial charge in [0.05, 0.1) is 11.1 Å². The Hall–Kier alpha value is -2.60. The molecule has 4 N–H and O–H groups in total. The van der Waals surface area contributed by atoms with Crippen molar-refractivity contribution >= 4 is 22.3 Å². The van der Waals surface area contributed by atoms with Crippen LogP contribution in [0.5, 0.6) is 17.2 Å². The summed E-state index contributed by atoms with van der Waals surface area (Å²) in [5.41, 5.74) is -0.680. The molecule has 2 aromatic rings. The molecule has 3 rings (SSSR count). The first-order valence-electron chi connectivity index (χ1n) is 5.88. The monoisotopic (exact) mass is 274 g/mol. The van der Waals surface area contributed by atoms with Gasteiger partial charge in [-0.3, -0.25) is 9.59 Å². The van der Waals surface area contributed by atoms with Crippen LogP contribution in [-0.2, 0) is 0 Å². The summed E-state index contributed by atoms with van der Waals surface area (Å²) in [6, 6.07) is 3.78. The number of ketones is 2. The maximum Gasteiger partial charge on any atom is 0.196 e. The normalized spacial score (nSPS) is 18.4. The van der Waals surface area contributed by atoms with Gasteiger partial charge in [0.15, 0.2) is 11.6 Å². The molecule has 1 atom stereocenters. The van der Waals surface area contributed by atoms with Gasteiger partial charge in [-0.05, 0) is 18.2 Å². The van der Waals surface area contributed by atoms with E-state index in [0.717, 1.165) is 0 Å². The highest BCUT2D eigenvalue weighted by molar-refractivity contribution is 6.22. The molecule has 102 valence electrons. The lowest BCUT2D eigenvalue weighted by molar-refractivity contribution is 0.0648. The van der Waals surface area contributed by atoms with E-state index in [1.807, 2.05) is 0 Å². The van der Waals surface area contributed by atoms with Gasteiger partial charge >= 0.3 is 0 Å². The van der Waals surface area contributed by atoms with Gasteiger partial charge in [-0.15, -0.1) is 0 Å². The lowest BCUT2D eigenvalue weighted by Gasteiger charge is -2.21. The van der Waals surface area contributed by atoms with Gasteiger partial charge in [-0.25, -0.2) is 0 Å². The minimum Gasteiger partial charge on any atom is -0.508 e. The Balaban J connectivity index is 2.50. The average Bonchev–Trinajstić information content (AvgIpc) is 2.40. The van der Waals surface area contributed by atoms with Crippen LogP contribution < -0.4 is 0 Å². The van der Waals surface area contributed by atoms with Gasteiger partial charge in [0.1, 0.15) is 23.4 Å². The minimum absolute atomic E-state index is 0.0683. The smallest absolute Gasteiger partial charge is 0.196 e. The fourth-order valence-corrected chi connectivity index (χ4v) is 2.49. The van der Waals surface area contributed by atoms with Crippen LogP contribution in [0.1, 0.15) is 27.1 Å². The van der Waals surface area contributed by atoms with Gasteiger partial charge in [0.25, 0.3) is 0 Å². The SMILES string of the molecule is O=C1CC(O)C(=O)c2c1c(O)c1cc(O)ccc1c2O. The van der Waals surface area contributed by atoms with Crippen LogP contribution in [-0.4, -0.2) is 38.1 Å². The van der Waals surface area contributed by atoms with Crippen molar-refractivity contribution in [3.63, 3.8) is 0 Å². The molecular formula is C14H10O6. The Bertz CT molecular complexity index is 777. The van der Waals surface area contributed by atoms with Crippen LogP contribution in [0.3, 0.4) is 0 Å². The van der Waals surface area contributed by atoms with E-state index in [1.165, 1.54) is 18.2 Å². The number of Topliss-reactive ketones (excluding diaryl/α,β-unsaturated/α-hetero) is 2. The molecule has 1 unspecified atom stereocenters. The highest BCUT2D eigenvalue weighted by Crippen LogP contribution is 2.43. The third kappa shape index (κ3) is 1.48. The van der Waals surface area contributed by atoms with Gasteiger partial charge in [0, 0.05) is 17.2 Å². The zero-order valence-electron chi connectivity index (χ0n) is 10.1. The van der Waals surface area contributed by atoms with Crippen LogP contribution in [0.25, 0.3) is 10.8 Å². The second-order valence-corrected chi connectivity index (χ2v) is 4.68. The molecule has 0 aromatic heterocycles. The fraction of sp³-hybridized carbons (Fsp3) is 0.143. The molecule has 20 heavy (non-hydrogen) atoms. The third-order valence-electron chi connectivity index (χ3n) is 3.44. The van der Waals surface area contributed by atoms with Crippen LogP contribution >= 0.6 is 0 Å². The second-order valence-electron chi connectivity index (χ2n) is 4.68. The van der Waals surface area contributed by atoms with Crippen molar-refractivity contribution < 1.29 is 30.0 Å². The highest BCUT2D eigenvalue weighted by atomic mass is 16.3. The predicted octanol–water partition coefficient (Wildman–Crippen LogP) is 1.09.